The lowest BCUT2D eigenvalue weighted by molar-refractivity contribution is -0.138. The van der Waals surface area contributed by atoms with Crippen molar-refractivity contribution in [2.24, 2.45) is 5.92 Å². The van der Waals surface area contributed by atoms with E-state index in [0.717, 1.165) is 19.8 Å². The molecule has 2 atom stereocenters. The Balaban J connectivity index is 2.07. The van der Waals surface area contributed by atoms with Crippen LogP contribution in [0.15, 0.2) is 0 Å². The molecule has 2 rings (SSSR count). The molecule has 0 aromatic carbocycles. The highest BCUT2D eigenvalue weighted by Crippen LogP contribution is 2.33. The standard InChI is InChI=1S/C11H15ClF3N5/c1-5(7-3-4-7)16-9-18-8(12)19-10(20-9)17-6(2)11(13,14)15/h5-7H,3-4H2,1-2H3,(H2,16,17,18,19,20)/t5-,6+/m0/s1. The van der Waals surface area contributed by atoms with Crippen molar-refractivity contribution in [2.75, 3.05) is 10.6 Å². The number of alkyl halides is 3. The monoisotopic (exact) mass is 309 g/mol. The molecule has 0 bridgehead atoms. The average Bonchev–Trinajstić information content (AvgIpc) is 3.09. The van der Waals surface area contributed by atoms with Crippen molar-refractivity contribution < 1.29 is 13.2 Å². The Bertz CT molecular complexity index is 478. The molecule has 0 aliphatic heterocycles. The SMILES string of the molecule is C[C@H](Nc1nc(Cl)nc(N[C@H](C)C(F)(F)F)n1)C1CC1. The number of hydrogen-bond acceptors (Lipinski definition) is 5. The minimum atomic E-state index is -4.38. The molecule has 112 valence electrons. The molecule has 1 aliphatic rings. The van der Waals surface area contributed by atoms with Gasteiger partial charge in [0.25, 0.3) is 0 Å². The van der Waals surface area contributed by atoms with Crippen molar-refractivity contribution in [1.29, 1.82) is 0 Å². The van der Waals surface area contributed by atoms with Crippen LogP contribution in [0.4, 0.5) is 25.1 Å². The second-order valence-electron chi connectivity index (χ2n) is 4.93. The van der Waals surface area contributed by atoms with E-state index in [1.54, 1.807) is 0 Å². The molecule has 0 unspecified atom stereocenters. The highest BCUT2D eigenvalue weighted by molar-refractivity contribution is 6.28. The maximum absolute atomic E-state index is 12.5. The number of hydrogen-bond donors (Lipinski definition) is 2. The first-order valence-electron chi connectivity index (χ1n) is 6.27. The van der Waals surface area contributed by atoms with Gasteiger partial charge in [0.15, 0.2) is 0 Å². The normalized spacial score (nSPS) is 18.5. The van der Waals surface area contributed by atoms with Gasteiger partial charge in [-0.15, -0.1) is 0 Å². The quantitative estimate of drug-likeness (QED) is 0.875. The van der Waals surface area contributed by atoms with E-state index in [1.807, 2.05) is 6.92 Å². The van der Waals surface area contributed by atoms with Crippen molar-refractivity contribution in [2.45, 2.75) is 44.9 Å². The van der Waals surface area contributed by atoms with Crippen molar-refractivity contribution >= 4 is 23.5 Å². The van der Waals surface area contributed by atoms with Gasteiger partial charge in [-0.3, -0.25) is 0 Å². The maximum Gasteiger partial charge on any atom is 0.408 e. The topological polar surface area (TPSA) is 62.7 Å². The second-order valence-corrected chi connectivity index (χ2v) is 5.27. The molecule has 1 aromatic rings. The molecule has 5 nitrogen and oxygen atoms in total. The number of rotatable bonds is 5. The second kappa shape index (κ2) is 5.59. The van der Waals surface area contributed by atoms with Crippen LogP contribution in [0.3, 0.4) is 0 Å². The van der Waals surface area contributed by atoms with Gasteiger partial charge in [0.1, 0.15) is 6.04 Å². The van der Waals surface area contributed by atoms with E-state index in [0.29, 0.717) is 5.92 Å². The van der Waals surface area contributed by atoms with Crippen LogP contribution in [0.5, 0.6) is 0 Å². The summed E-state index contributed by atoms with van der Waals surface area (Å²) in [6, 6.07) is -1.61. The lowest BCUT2D eigenvalue weighted by Gasteiger charge is -2.18. The highest BCUT2D eigenvalue weighted by atomic mass is 35.5. The van der Waals surface area contributed by atoms with Crippen LogP contribution in [-0.4, -0.2) is 33.2 Å². The lowest BCUT2D eigenvalue weighted by atomic mass is 10.2. The summed E-state index contributed by atoms with van der Waals surface area (Å²) in [7, 11) is 0. The summed E-state index contributed by atoms with van der Waals surface area (Å²) in [5.41, 5.74) is 0. The van der Waals surface area contributed by atoms with Crippen molar-refractivity contribution in [3.8, 4) is 0 Å². The van der Waals surface area contributed by atoms with E-state index in [9.17, 15) is 13.2 Å². The third-order valence-corrected chi connectivity index (χ3v) is 3.30. The van der Waals surface area contributed by atoms with Crippen LogP contribution in [0, 0.1) is 5.92 Å². The molecule has 9 heteroatoms. The summed E-state index contributed by atoms with van der Waals surface area (Å²) < 4.78 is 37.4. The van der Waals surface area contributed by atoms with Crippen molar-refractivity contribution in [3.05, 3.63) is 5.28 Å². The van der Waals surface area contributed by atoms with E-state index in [-0.39, 0.29) is 23.2 Å². The van der Waals surface area contributed by atoms with Crippen LogP contribution in [0.1, 0.15) is 26.7 Å². The Kier molecular flexibility index (Phi) is 4.22. The maximum atomic E-state index is 12.5. The van der Waals surface area contributed by atoms with Crippen molar-refractivity contribution in [3.63, 3.8) is 0 Å². The smallest absolute Gasteiger partial charge is 0.351 e. The average molecular weight is 310 g/mol. The third kappa shape index (κ3) is 4.09. The Morgan fingerprint density at radius 2 is 1.65 bits per heavy atom. The van der Waals surface area contributed by atoms with Gasteiger partial charge in [-0.1, -0.05) is 0 Å². The summed E-state index contributed by atoms with van der Waals surface area (Å²) in [5, 5.41) is 5.05. The van der Waals surface area contributed by atoms with Crippen LogP contribution in [0.25, 0.3) is 0 Å². The van der Waals surface area contributed by atoms with Crippen LogP contribution < -0.4 is 10.6 Å². The van der Waals surface area contributed by atoms with Gasteiger partial charge in [-0.05, 0) is 44.2 Å². The Labute approximate surface area is 119 Å². The fourth-order valence-corrected chi connectivity index (χ4v) is 1.83. The van der Waals surface area contributed by atoms with E-state index in [2.05, 4.69) is 25.6 Å². The number of halogens is 4. The van der Waals surface area contributed by atoms with E-state index in [4.69, 9.17) is 11.6 Å². The van der Waals surface area contributed by atoms with Crippen LogP contribution in [0.2, 0.25) is 5.28 Å². The summed E-state index contributed by atoms with van der Waals surface area (Å²) >= 11 is 5.70. The lowest BCUT2D eigenvalue weighted by Crippen LogP contribution is -2.34. The van der Waals surface area contributed by atoms with Gasteiger partial charge >= 0.3 is 6.18 Å². The Morgan fingerprint density at radius 1 is 1.10 bits per heavy atom. The zero-order valence-corrected chi connectivity index (χ0v) is 11.8. The molecule has 0 spiro atoms. The number of anilines is 2. The molecular weight excluding hydrogens is 295 g/mol. The molecule has 20 heavy (non-hydrogen) atoms. The first-order valence-corrected chi connectivity index (χ1v) is 6.65. The zero-order valence-electron chi connectivity index (χ0n) is 11.0. The molecule has 1 aromatic heterocycles. The summed E-state index contributed by atoms with van der Waals surface area (Å²) in [6.45, 7) is 2.96. The van der Waals surface area contributed by atoms with Crippen LogP contribution in [-0.2, 0) is 0 Å². The Hall–Kier alpha value is -1.31. The predicted octanol–water partition coefficient (Wildman–Crippen LogP) is 3.10. The highest BCUT2D eigenvalue weighted by Gasteiger charge is 2.36. The number of nitrogens with zero attached hydrogens (tertiary/aromatic N) is 3. The molecule has 1 fully saturated rings. The summed E-state index contributed by atoms with van der Waals surface area (Å²) in [4.78, 5) is 11.4. The molecule has 1 saturated carbocycles. The van der Waals surface area contributed by atoms with Gasteiger partial charge in [0.2, 0.25) is 17.2 Å². The first-order chi connectivity index (χ1) is 9.25. The third-order valence-electron chi connectivity index (χ3n) is 3.13. The van der Waals surface area contributed by atoms with E-state index in [1.165, 1.54) is 0 Å². The summed E-state index contributed by atoms with van der Waals surface area (Å²) in [6.07, 6.45) is -2.12. The van der Waals surface area contributed by atoms with E-state index >= 15 is 0 Å². The number of aromatic nitrogens is 3. The van der Waals surface area contributed by atoms with E-state index < -0.39 is 12.2 Å². The molecule has 0 radical (unpaired) electrons. The largest absolute Gasteiger partial charge is 0.408 e. The molecular formula is C11H15ClF3N5. The van der Waals surface area contributed by atoms with Gasteiger partial charge in [-0.2, -0.15) is 28.1 Å². The molecule has 1 heterocycles. The van der Waals surface area contributed by atoms with Crippen LogP contribution >= 0.6 is 11.6 Å². The molecule has 2 N–H and O–H groups in total. The predicted molar refractivity (Wildman–Crippen MR) is 69.8 cm³/mol. The zero-order chi connectivity index (χ0) is 14.9. The van der Waals surface area contributed by atoms with Gasteiger partial charge in [-0.25, -0.2) is 0 Å². The van der Waals surface area contributed by atoms with Gasteiger partial charge in [0.05, 0.1) is 0 Å². The fraction of sp³-hybridized carbons (Fsp3) is 0.727. The minimum Gasteiger partial charge on any atom is -0.351 e. The van der Waals surface area contributed by atoms with Gasteiger partial charge < -0.3 is 10.6 Å². The minimum absolute atomic E-state index is 0.151. The van der Waals surface area contributed by atoms with Crippen molar-refractivity contribution in [1.82, 2.24) is 15.0 Å². The summed E-state index contributed by atoms with van der Waals surface area (Å²) in [5.74, 6) is 0.539. The first kappa shape index (κ1) is 15.1. The molecule has 0 amide bonds. The number of nitrogens with one attached hydrogen (secondary N) is 2. The molecule has 0 saturated heterocycles. The fourth-order valence-electron chi connectivity index (χ4n) is 1.67. The Morgan fingerprint density at radius 3 is 2.15 bits per heavy atom. The molecule has 1 aliphatic carbocycles. The van der Waals surface area contributed by atoms with Gasteiger partial charge in [0, 0.05) is 6.04 Å².